The number of nitrogens with one attached hydrogen (secondary N) is 1. The van der Waals surface area contributed by atoms with E-state index in [1.54, 1.807) is 12.1 Å². The van der Waals surface area contributed by atoms with Crippen LogP contribution in [-0.2, 0) is 4.79 Å². The minimum absolute atomic E-state index is 0.00408. The highest BCUT2D eigenvalue weighted by atomic mass is 16.6. The maximum atomic E-state index is 11.7. The van der Waals surface area contributed by atoms with Crippen LogP contribution in [0.1, 0.15) is 26.7 Å². The van der Waals surface area contributed by atoms with Crippen LogP contribution in [0.5, 0.6) is 5.75 Å². The van der Waals surface area contributed by atoms with E-state index in [4.69, 9.17) is 4.74 Å². The number of hydrogen-bond acceptors (Lipinski definition) is 4. The smallest absolute Gasteiger partial charge is 0.269 e. The first-order valence-corrected chi connectivity index (χ1v) is 6.25. The summed E-state index contributed by atoms with van der Waals surface area (Å²) in [6.07, 6.45) is 1.04. The standard InChI is InChI=1S/C13H16N2O4/c1-3-13(4-2)11(16)14-12(13)19-10-7-5-9(6-8-10)15(17)18/h5-8,12H,3-4H2,1-2H3,(H,14,16)/t12-/m0/s1. The molecule has 2 rings (SSSR count). The predicted octanol–water partition coefficient (Wildman–Crippen LogP) is 2.24. The lowest BCUT2D eigenvalue weighted by atomic mass is 9.73. The molecule has 1 atom stereocenters. The number of carbonyl (C=O) groups excluding carboxylic acids is 1. The van der Waals surface area contributed by atoms with Gasteiger partial charge in [-0.05, 0) is 25.0 Å². The van der Waals surface area contributed by atoms with E-state index in [1.165, 1.54) is 12.1 Å². The van der Waals surface area contributed by atoms with Crippen molar-refractivity contribution in [2.75, 3.05) is 0 Å². The summed E-state index contributed by atoms with van der Waals surface area (Å²) < 4.78 is 5.70. The molecule has 1 aromatic carbocycles. The van der Waals surface area contributed by atoms with Crippen molar-refractivity contribution >= 4 is 11.6 Å². The molecular formula is C13H16N2O4. The molecule has 1 amide bonds. The average Bonchev–Trinajstić information content (AvgIpc) is 2.40. The van der Waals surface area contributed by atoms with E-state index in [2.05, 4.69) is 5.32 Å². The molecule has 0 unspecified atom stereocenters. The molecule has 19 heavy (non-hydrogen) atoms. The van der Waals surface area contributed by atoms with E-state index < -0.39 is 10.3 Å². The summed E-state index contributed by atoms with van der Waals surface area (Å²) in [5.41, 5.74) is -0.468. The van der Waals surface area contributed by atoms with Crippen LogP contribution in [0.3, 0.4) is 0 Å². The Bertz CT molecular complexity index is 494. The second-order valence-electron chi connectivity index (χ2n) is 4.59. The van der Waals surface area contributed by atoms with Gasteiger partial charge in [0.15, 0.2) is 6.23 Å². The number of amides is 1. The molecule has 1 saturated heterocycles. The van der Waals surface area contributed by atoms with Crippen molar-refractivity contribution in [3.8, 4) is 5.75 Å². The SMILES string of the molecule is CCC1(CC)C(=O)N[C@H]1Oc1ccc([N+](=O)[O-])cc1. The fourth-order valence-electron chi connectivity index (χ4n) is 2.31. The molecular weight excluding hydrogens is 248 g/mol. The number of benzene rings is 1. The Morgan fingerprint density at radius 2 is 1.89 bits per heavy atom. The van der Waals surface area contributed by atoms with E-state index in [-0.39, 0.29) is 17.8 Å². The third kappa shape index (κ3) is 2.14. The summed E-state index contributed by atoms with van der Waals surface area (Å²) in [6.45, 7) is 3.91. The molecule has 102 valence electrons. The van der Waals surface area contributed by atoms with Crippen LogP contribution in [0.15, 0.2) is 24.3 Å². The Labute approximate surface area is 110 Å². The fraction of sp³-hybridized carbons (Fsp3) is 0.462. The Balaban J connectivity index is 2.10. The van der Waals surface area contributed by atoms with Gasteiger partial charge in [0.05, 0.1) is 4.92 Å². The largest absolute Gasteiger partial charge is 0.470 e. The molecule has 0 spiro atoms. The van der Waals surface area contributed by atoms with E-state index in [1.807, 2.05) is 13.8 Å². The molecule has 6 heteroatoms. The van der Waals surface area contributed by atoms with Gasteiger partial charge in [-0.25, -0.2) is 0 Å². The highest BCUT2D eigenvalue weighted by Crippen LogP contribution is 2.39. The molecule has 1 aliphatic heterocycles. The van der Waals surface area contributed by atoms with Crippen LogP contribution in [0.4, 0.5) is 5.69 Å². The third-order valence-corrected chi connectivity index (χ3v) is 3.78. The number of β-lactam (4-membered cyclic amide) rings is 1. The predicted molar refractivity (Wildman–Crippen MR) is 68.7 cm³/mol. The second kappa shape index (κ2) is 4.87. The third-order valence-electron chi connectivity index (χ3n) is 3.78. The summed E-state index contributed by atoms with van der Waals surface area (Å²) in [7, 11) is 0. The summed E-state index contributed by atoms with van der Waals surface area (Å²) in [5.74, 6) is 0.520. The number of non-ortho nitro benzene ring substituents is 1. The van der Waals surface area contributed by atoms with E-state index in [0.29, 0.717) is 18.6 Å². The van der Waals surface area contributed by atoms with Gasteiger partial charge in [0.2, 0.25) is 5.91 Å². The molecule has 1 fully saturated rings. The zero-order valence-electron chi connectivity index (χ0n) is 10.9. The molecule has 1 aromatic rings. The van der Waals surface area contributed by atoms with Crippen LogP contribution in [-0.4, -0.2) is 17.1 Å². The highest BCUT2D eigenvalue weighted by Gasteiger charge is 2.54. The van der Waals surface area contributed by atoms with Gasteiger partial charge in [0.25, 0.3) is 5.69 Å². The van der Waals surface area contributed by atoms with Gasteiger partial charge >= 0.3 is 0 Å². The highest BCUT2D eigenvalue weighted by molar-refractivity contribution is 5.89. The van der Waals surface area contributed by atoms with Gasteiger partial charge in [-0.2, -0.15) is 0 Å². The number of nitro benzene ring substituents is 1. The first kappa shape index (κ1) is 13.3. The molecule has 1 N–H and O–H groups in total. The van der Waals surface area contributed by atoms with Crippen LogP contribution in [0.2, 0.25) is 0 Å². The zero-order valence-corrected chi connectivity index (χ0v) is 10.9. The number of carbonyl (C=O) groups is 1. The van der Waals surface area contributed by atoms with Gasteiger partial charge in [0.1, 0.15) is 11.2 Å². The molecule has 0 saturated carbocycles. The summed E-state index contributed by atoms with van der Waals surface area (Å²) >= 11 is 0. The Morgan fingerprint density at radius 1 is 1.32 bits per heavy atom. The van der Waals surface area contributed by atoms with Crippen LogP contribution < -0.4 is 10.1 Å². The van der Waals surface area contributed by atoms with Crippen molar-refractivity contribution in [2.45, 2.75) is 32.9 Å². The lowest BCUT2D eigenvalue weighted by Gasteiger charge is -2.47. The molecule has 6 nitrogen and oxygen atoms in total. The maximum absolute atomic E-state index is 11.7. The number of rotatable bonds is 5. The van der Waals surface area contributed by atoms with Crippen molar-refractivity contribution < 1.29 is 14.5 Å². The fourth-order valence-corrected chi connectivity index (χ4v) is 2.31. The van der Waals surface area contributed by atoms with Crippen molar-refractivity contribution in [1.29, 1.82) is 0 Å². The summed E-state index contributed by atoms with van der Waals surface area (Å²) in [5, 5.41) is 13.3. The number of nitrogens with zero attached hydrogens (tertiary/aromatic N) is 1. The Kier molecular flexibility index (Phi) is 3.42. The second-order valence-corrected chi connectivity index (χ2v) is 4.59. The van der Waals surface area contributed by atoms with Gasteiger partial charge in [-0.3, -0.25) is 14.9 Å². The van der Waals surface area contributed by atoms with Crippen LogP contribution in [0.25, 0.3) is 0 Å². The minimum Gasteiger partial charge on any atom is -0.470 e. The quantitative estimate of drug-likeness (QED) is 0.502. The first-order valence-electron chi connectivity index (χ1n) is 6.25. The van der Waals surface area contributed by atoms with Crippen LogP contribution >= 0.6 is 0 Å². The lowest BCUT2D eigenvalue weighted by molar-refractivity contribution is -0.384. The molecule has 0 aliphatic carbocycles. The lowest BCUT2D eigenvalue weighted by Crippen LogP contribution is -2.69. The van der Waals surface area contributed by atoms with E-state index in [9.17, 15) is 14.9 Å². The van der Waals surface area contributed by atoms with E-state index >= 15 is 0 Å². The summed E-state index contributed by atoms with van der Waals surface area (Å²) in [4.78, 5) is 21.8. The molecule has 0 bridgehead atoms. The number of hydrogen-bond donors (Lipinski definition) is 1. The van der Waals surface area contributed by atoms with Gasteiger partial charge in [-0.15, -0.1) is 0 Å². The van der Waals surface area contributed by atoms with E-state index in [0.717, 1.165) is 0 Å². The van der Waals surface area contributed by atoms with Crippen molar-refractivity contribution in [2.24, 2.45) is 5.41 Å². The van der Waals surface area contributed by atoms with Gasteiger partial charge in [-0.1, -0.05) is 13.8 Å². The van der Waals surface area contributed by atoms with Crippen molar-refractivity contribution in [3.05, 3.63) is 34.4 Å². The summed E-state index contributed by atoms with van der Waals surface area (Å²) in [6, 6.07) is 5.85. The normalized spacial score (nSPS) is 20.3. The first-order chi connectivity index (χ1) is 9.03. The van der Waals surface area contributed by atoms with Gasteiger partial charge < -0.3 is 10.1 Å². The average molecular weight is 264 g/mol. The van der Waals surface area contributed by atoms with Crippen molar-refractivity contribution in [3.63, 3.8) is 0 Å². The zero-order chi connectivity index (χ0) is 14.0. The topological polar surface area (TPSA) is 81.5 Å². The molecule has 0 radical (unpaired) electrons. The monoisotopic (exact) mass is 264 g/mol. The molecule has 0 aromatic heterocycles. The Hall–Kier alpha value is -2.11. The molecule has 1 aliphatic rings. The maximum Gasteiger partial charge on any atom is 0.269 e. The molecule has 1 heterocycles. The Morgan fingerprint density at radius 3 is 2.32 bits per heavy atom. The number of ether oxygens (including phenoxy) is 1. The van der Waals surface area contributed by atoms with Crippen molar-refractivity contribution in [1.82, 2.24) is 5.32 Å². The minimum atomic E-state index is -0.484. The van der Waals surface area contributed by atoms with Gasteiger partial charge in [0, 0.05) is 12.1 Å². The van der Waals surface area contributed by atoms with Crippen LogP contribution in [0, 0.1) is 15.5 Å². The number of nitro groups is 1.